The number of rotatable bonds is 10. The molecule has 3 atom stereocenters. The van der Waals surface area contributed by atoms with Crippen LogP contribution >= 0.6 is 11.6 Å². The summed E-state index contributed by atoms with van der Waals surface area (Å²) in [5.74, 6) is 3.56. The van der Waals surface area contributed by atoms with Crippen molar-refractivity contribution in [3.63, 3.8) is 0 Å². The molecule has 2 aliphatic rings. The highest BCUT2D eigenvalue weighted by Gasteiger charge is 2.49. The minimum absolute atomic E-state index is 0.0176. The van der Waals surface area contributed by atoms with Gasteiger partial charge in [0.15, 0.2) is 0 Å². The Morgan fingerprint density at radius 2 is 1.75 bits per heavy atom. The van der Waals surface area contributed by atoms with Crippen LogP contribution in [0.2, 0.25) is 18.1 Å². The third-order valence-electron chi connectivity index (χ3n) is 9.46. The molecular weight excluding hydrogens is 484 g/mol. The smallest absolute Gasteiger partial charge is 0.250 e. The molecule has 0 aromatic heterocycles. The maximum atomic E-state index is 11.8. The van der Waals surface area contributed by atoms with E-state index in [1.54, 1.807) is 0 Å². The predicted molar refractivity (Wildman–Crippen MR) is 155 cm³/mol. The topological polar surface area (TPSA) is 35.5 Å². The number of benzene rings is 1. The van der Waals surface area contributed by atoms with Gasteiger partial charge in [-0.1, -0.05) is 53.9 Å². The minimum Gasteiger partial charge on any atom is -0.543 e. The van der Waals surface area contributed by atoms with E-state index in [9.17, 15) is 4.79 Å². The number of alkyl halides is 1. The lowest BCUT2D eigenvalue weighted by molar-refractivity contribution is -0.113. The summed E-state index contributed by atoms with van der Waals surface area (Å²) in [5.41, 5.74) is 2.27. The summed E-state index contributed by atoms with van der Waals surface area (Å²) in [7, 11) is -2.08. The molecule has 1 heterocycles. The molecule has 1 aromatic carbocycles. The first-order chi connectivity index (χ1) is 16.6. The standard InChI is InChI=1S/C31H51ClO3Si/c1-29(2,3)36(8,9)35-27-20-23(30(4,5)16-12-10-11-13-17-32)19-26-28(27)24-18-22(21-33)14-15-25(24)31(6,7)34-26/h19-22,24-25H,10-18H2,1-9H3/t22-,24-,25-/m1/s1. The average molecular weight is 535 g/mol. The molecule has 3 nitrogen and oxygen atoms in total. The normalized spacial score (nSPS) is 23.9. The molecule has 1 saturated carbocycles. The van der Waals surface area contributed by atoms with Crippen molar-refractivity contribution in [1.29, 1.82) is 0 Å². The first-order valence-electron chi connectivity index (χ1n) is 14.2. The van der Waals surface area contributed by atoms with Gasteiger partial charge in [0.1, 0.15) is 23.4 Å². The Bertz CT molecular complexity index is 915. The van der Waals surface area contributed by atoms with Crippen LogP contribution in [-0.4, -0.2) is 26.1 Å². The lowest BCUT2D eigenvalue weighted by Gasteiger charge is -2.50. The summed E-state index contributed by atoms with van der Waals surface area (Å²) in [6.07, 6.45) is 9.87. The molecule has 1 aliphatic heterocycles. The maximum Gasteiger partial charge on any atom is 0.250 e. The second kappa shape index (κ2) is 11.0. The SMILES string of the molecule is CC(C)(CCCCCCCl)c1cc2c(c(O[Si](C)(C)C(C)(C)C)c1)[C@@H]1C[C@H](C=O)CC[C@H]1C(C)(C)O2. The van der Waals surface area contributed by atoms with E-state index in [2.05, 4.69) is 73.7 Å². The third-order valence-corrected chi connectivity index (χ3v) is 14.1. The van der Waals surface area contributed by atoms with Crippen molar-refractivity contribution in [2.45, 2.75) is 135 Å². The van der Waals surface area contributed by atoms with E-state index in [4.69, 9.17) is 20.8 Å². The summed E-state index contributed by atoms with van der Waals surface area (Å²) in [5, 5.41) is 0.0971. The van der Waals surface area contributed by atoms with Crippen molar-refractivity contribution in [1.82, 2.24) is 0 Å². The molecule has 1 aliphatic carbocycles. The molecule has 0 bridgehead atoms. The van der Waals surface area contributed by atoms with Crippen molar-refractivity contribution in [2.75, 3.05) is 5.88 Å². The summed E-state index contributed by atoms with van der Waals surface area (Å²) in [6, 6.07) is 4.64. The summed E-state index contributed by atoms with van der Waals surface area (Å²) in [6.45, 7) is 20.7. The first-order valence-corrected chi connectivity index (χ1v) is 17.6. The molecule has 0 radical (unpaired) electrons. The van der Waals surface area contributed by atoms with Crippen molar-refractivity contribution < 1.29 is 14.0 Å². The largest absolute Gasteiger partial charge is 0.543 e. The Morgan fingerprint density at radius 3 is 2.36 bits per heavy atom. The van der Waals surface area contributed by atoms with Gasteiger partial charge in [-0.2, -0.15) is 0 Å². The van der Waals surface area contributed by atoms with Gasteiger partial charge in [-0.3, -0.25) is 0 Å². The van der Waals surface area contributed by atoms with Gasteiger partial charge in [0, 0.05) is 23.3 Å². The maximum absolute atomic E-state index is 11.8. The zero-order chi connectivity index (χ0) is 26.9. The molecule has 3 rings (SSSR count). The number of carbonyl (C=O) groups is 1. The Kier molecular flexibility index (Phi) is 9.03. The van der Waals surface area contributed by atoms with Gasteiger partial charge in [0.05, 0.1) is 0 Å². The minimum atomic E-state index is -2.08. The van der Waals surface area contributed by atoms with Crippen molar-refractivity contribution in [2.24, 2.45) is 11.8 Å². The summed E-state index contributed by atoms with van der Waals surface area (Å²) >= 11 is 5.88. The molecule has 0 saturated heterocycles. The molecule has 36 heavy (non-hydrogen) atoms. The number of unbranched alkanes of at least 4 members (excludes halogenated alkanes) is 3. The first kappa shape index (κ1) is 29.6. The van der Waals surface area contributed by atoms with E-state index >= 15 is 0 Å². The van der Waals surface area contributed by atoms with Crippen molar-refractivity contribution in [3.8, 4) is 11.5 Å². The van der Waals surface area contributed by atoms with Crippen LogP contribution < -0.4 is 9.16 Å². The van der Waals surface area contributed by atoms with Gasteiger partial charge in [-0.25, -0.2) is 0 Å². The fourth-order valence-corrected chi connectivity index (χ4v) is 7.16. The number of halogens is 1. The van der Waals surface area contributed by atoms with Crippen LogP contribution in [0.1, 0.15) is 117 Å². The molecule has 5 heteroatoms. The zero-order valence-electron chi connectivity index (χ0n) is 24.4. The van der Waals surface area contributed by atoms with Crippen LogP contribution in [0.5, 0.6) is 11.5 Å². The van der Waals surface area contributed by atoms with Crippen LogP contribution in [0, 0.1) is 11.8 Å². The quantitative estimate of drug-likeness (QED) is 0.130. The van der Waals surface area contributed by atoms with Gasteiger partial charge >= 0.3 is 0 Å². The molecule has 0 amide bonds. The highest BCUT2D eigenvalue weighted by atomic mass is 35.5. The van der Waals surface area contributed by atoms with E-state index in [1.165, 1.54) is 36.7 Å². The monoisotopic (exact) mass is 534 g/mol. The second-order valence-corrected chi connectivity index (χ2v) is 19.2. The van der Waals surface area contributed by atoms with Gasteiger partial charge in [-0.05, 0) is 93.1 Å². The van der Waals surface area contributed by atoms with Crippen LogP contribution in [0.3, 0.4) is 0 Å². The Morgan fingerprint density at radius 1 is 1.08 bits per heavy atom. The van der Waals surface area contributed by atoms with Crippen LogP contribution in [-0.2, 0) is 10.2 Å². The van der Waals surface area contributed by atoms with Crippen LogP contribution in [0.25, 0.3) is 0 Å². The molecule has 1 aromatic rings. The molecule has 0 unspecified atom stereocenters. The third kappa shape index (κ3) is 6.34. The lowest BCUT2D eigenvalue weighted by atomic mass is 9.64. The van der Waals surface area contributed by atoms with E-state index in [-0.39, 0.29) is 22.0 Å². The van der Waals surface area contributed by atoms with E-state index < -0.39 is 8.32 Å². The van der Waals surface area contributed by atoms with Crippen molar-refractivity contribution >= 4 is 26.2 Å². The number of hydrogen-bond acceptors (Lipinski definition) is 3. The zero-order valence-corrected chi connectivity index (χ0v) is 26.2. The van der Waals surface area contributed by atoms with Crippen LogP contribution in [0.15, 0.2) is 12.1 Å². The number of ether oxygens (including phenoxy) is 1. The molecule has 0 spiro atoms. The second-order valence-electron chi connectivity index (χ2n) is 14.1. The summed E-state index contributed by atoms with van der Waals surface area (Å²) < 4.78 is 13.9. The highest BCUT2D eigenvalue weighted by molar-refractivity contribution is 6.74. The average Bonchev–Trinajstić information content (AvgIpc) is 2.76. The van der Waals surface area contributed by atoms with Gasteiger partial charge < -0.3 is 14.0 Å². The Labute approximate surface area is 227 Å². The predicted octanol–water partition coefficient (Wildman–Crippen LogP) is 9.41. The van der Waals surface area contributed by atoms with E-state index in [0.717, 1.165) is 49.5 Å². The van der Waals surface area contributed by atoms with Gasteiger partial charge in [-0.15, -0.1) is 11.6 Å². The molecule has 1 fully saturated rings. The number of fused-ring (bicyclic) bond motifs is 3. The summed E-state index contributed by atoms with van der Waals surface area (Å²) in [4.78, 5) is 11.8. The number of hydrogen-bond donors (Lipinski definition) is 0. The molecule has 204 valence electrons. The van der Waals surface area contributed by atoms with E-state index in [1.807, 2.05) is 0 Å². The van der Waals surface area contributed by atoms with Crippen molar-refractivity contribution in [3.05, 3.63) is 23.3 Å². The molecular formula is C31H51ClO3Si. The van der Waals surface area contributed by atoms with Gasteiger partial charge in [0.25, 0.3) is 0 Å². The molecule has 0 N–H and O–H groups in total. The Balaban J connectivity index is 2.08. The van der Waals surface area contributed by atoms with Gasteiger partial charge in [0.2, 0.25) is 8.32 Å². The lowest BCUT2D eigenvalue weighted by Crippen LogP contribution is -2.48. The fraction of sp³-hybridized carbons (Fsp3) is 0.774. The number of carbonyl (C=O) groups excluding carboxylic acids is 1. The van der Waals surface area contributed by atoms with Crippen LogP contribution in [0.4, 0.5) is 0 Å². The Hall–Kier alpha value is -1.00. The highest BCUT2D eigenvalue weighted by Crippen LogP contribution is 2.57. The van der Waals surface area contributed by atoms with E-state index in [0.29, 0.717) is 11.8 Å². The fourth-order valence-electron chi connectivity index (χ4n) is 5.95. The number of aldehydes is 1.